The maximum atomic E-state index is 13.4. The fourth-order valence-electron chi connectivity index (χ4n) is 9.68. The molecule has 0 aromatic heterocycles. The van der Waals surface area contributed by atoms with E-state index >= 15 is 0 Å². The van der Waals surface area contributed by atoms with E-state index in [1.54, 1.807) is 6.92 Å². The zero-order chi connectivity index (χ0) is 26.2. The molecule has 8 atom stereocenters. The van der Waals surface area contributed by atoms with Crippen LogP contribution < -0.4 is 0 Å². The average molecular weight is 489 g/mol. The smallest absolute Gasteiger partial charge is 0.303 e. The first-order valence-electron chi connectivity index (χ1n) is 13.8. The Labute approximate surface area is 211 Å². The standard InChI is InChI=1S/C30H48O5/c1-25(2)16-20-19-8-9-21-27(4,12-11-24(33)34)22(30(7,35)18-31)10-13-29(21,6)28(19,5)15-14-26(20,3)23(32)17-25/h8,20-22,31,35H,9-18H2,1-7H3,(H,33,34)/t20-,21?,22?,26+,27+,28+,29+,30?/m0/s1. The number of hydrogen-bond acceptors (Lipinski definition) is 4. The minimum Gasteiger partial charge on any atom is -0.481 e. The lowest BCUT2D eigenvalue weighted by Crippen LogP contribution is -2.64. The van der Waals surface area contributed by atoms with E-state index < -0.39 is 17.0 Å². The molecule has 0 radical (unpaired) electrons. The van der Waals surface area contributed by atoms with Gasteiger partial charge in [0, 0.05) is 18.3 Å². The number of carboxylic acid groups (broad SMARTS) is 1. The SMILES string of the molecule is CC1(C)CC(=O)[C@]2(C)CC[C@]3(C)C(=CCC4[C@@](C)(CCC(=O)O)C(C(C)(O)CO)CC[C@]43C)[C@@H]2C1. The third kappa shape index (κ3) is 3.77. The van der Waals surface area contributed by atoms with E-state index in [1.165, 1.54) is 5.57 Å². The third-order valence-corrected chi connectivity index (χ3v) is 12.1. The molecule has 3 unspecified atom stereocenters. The summed E-state index contributed by atoms with van der Waals surface area (Å²) >= 11 is 0. The molecule has 4 aliphatic rings. The Balaban J connectivity index is 1.82. The van der Waals surface area contributed by atoms with Crippen LogP contribution in [0.15, 0.2) is 11.6 Å². The van der Waals surface area contributed by atoms with Gasteiger partial charge in [0.05, 0.1) is 12.2 Å². The summed E-state index contributed by atoms with van der Waals surface area (Å²) in [7, 11) is 0. The first-order chi connectivity index (χ1) is 16.0. The number of carboxylic acids is 1. The van der Waals surface area contributed by atoms with Gasteiger partial charge in [-0.15, -0.1) is 0 Å². The van der Waals surface area contributed by atoms with Crippen molar-refractivity contribution in [2.24, 2.45) is 44.8 Å². The molecular formula is C30H48O5. The van der Waals surface area contributed by atoms with Gasteiger partial charge in [-0.05, 0) is 91.3 Å². The van der Waals surface area contributed by atoms with Gasteiger partial charge < -0.3 is 15.3 Å². The molecule has 3 N–H and O–H groups in total. The lowest BCUT2D eigenvalue weighted by Gasteiger charge is -2.69. The number of rotatable bonds is 5. The normalized spacial score (nSPS) is 46.5. The van der Waals surface area contributed by atoms with Gasteiger partial charge in [0.2, 0.25) is 0 Å². The van der Waals surface area contributed by atoms with Crippen molar-refractivity contribution in [3.05, 3.63) is 11.6 Å². The van der Waals surface area contributed by atoms with Gasteiger partial charge >= 0.3 is 5.97 Å². The molecule has 5 heteroatoms. The number of hydrogen-bond donors (Lipinski definition) is 3. The Morgan fingerprint density at radius 1 is 1.11 bits per heavy atom. The van der Waals surface area contributed by atoms with Crippen LogP contribution in [0.4, 0.5) is 0 Å². The van der Waals surface area contributed by atoms with Gasteiger partial charge in [-0.25, -0.2) is 0 Å². The molecule has 0 bridgehead atoms. The molecular weight excluding hydrogens is 440 g/mol. The summed E-state index contributed by atoms with van der Waals surface area (Å²) in [6.45, 7) is 15.1. The number of ketones is 1. The summed E-state index contributed by atoms with van der Waals surface area (Å²) in [6, 6.07) is 0. The summed E-state index contributed by atoms with van der Waals surface area (Å²) in [4.78, 5) is 25.1. The zero-order valence-electron chi connectivity index (χ0n) is 23.0. The van der Waals surface area contributed by atoms with Crippen molar-refractivity contribution >= 4 is 11.8 Å². The highest BCUT2D eigenvalue weighted by molar-refractivity contribution is 5.87. The maximum absolute atomic E-state index is 13.4. The average Bonchev–Trinajstić information content (AvgIpc) is 2.74. The summed E-state index contributed by atoms with van der Waals surface area (Å²) in [5.41, 5.74) is -0.582. The van der Waals surface area contributed by atoms with E-state index in [2.05, 4.69) is 47.6 Å². The number of aliphatic carboxylic acids is 1. The van der Waals surface area contributed by atoms with Gasteiger partial charge in [0.15, 0.2) is 0 Å². The number of aliphatic hydroxyl groups excluding tert-OH is 1. The molecule has 4 rings (SSSR count). The van der Waals surface area contributed by atoms with Gasteiger partial charge in [-0.2, -0.15) is 0 Å². The van der Waals surface area contributed by atoms with Crippen LogP contribution in [0.5, 0.6) is 0 Å². The van der Waals surface area contributed by atoms with Crippen molar-refractivity contribution in [2.45, 2.75) is 112 Å². The molecule has 0 saturated heterocycles. The van der Waals surface area contributed by atoms with Crippen molar-refractivity contribution < 1.29 is 24.9 Å². The molecule has 0 amide bonds. The van der Waals surface area contributed by atoms with Crippen molar-refractivity contribution in [1.29, 1.82) is 0 Å². The van der Waals surface area contributed by atoms with Crippen LogP contribution in [0.3, 0.4) is 0 Å². The van der Waals surface area contributed by atoms with Crippen LogP contribution in [0, 0.1) is 44.8 Å². The van der Waals surface area contributed by atoms with Crippen LogP contribution in [0.2, 0.25) is 0 Å². The Morgan fingerprint density at radius 3 is 2.37 bits per heavy atom. The highest BCUT2D eigenvalue weighted by Gasteiger charge is 2.67. The number of Topliss-reactive ketones (excluding diaryl/α,β-unsaturated/α-hetero) is 1. The number of carbonyl (C=O) groups excluding carboxylic acids is 1. The van der Waals surface area contributed by atoms with E-state index in [9.17, 15) is 24.9 Å². The topological polar surface area (TPSA) is 94.8 Å². The number of carbonyl (C=O) groups is 2. The van der Waals surface area contributed by atoms with Gasteiger partial charge in [-0.1, -0.05) is 53.2 Å². The molecule has 0 spiro atoms. The van der Waals surface area contributed by atoms with E-state index in [0.717, 1.165) is 38.5 Å². The molecule has 0 aliphatic heterocycles. The van der Waals surface area contributed by atoms with E-state index in [1.807, 2.05) is 0 Å². The number of fused-ring (bicyclic) bond motifs is 5. The second kappa shape index (κ2) is 8.15. The fourth-order valence-corrected chi connectivity index (χ4v) is 9.68. The van der Waals surface area contributed by atoms with Gasteiger partial charge in [0.1, 0.15) is 5.78 Å². The van der Waals surface area contributed by atoms with E-state index in [0.29, 0.717) is 18.6 Å². The van der Waals surface area contributed by atoms with Crippen LogP contribution in [0.1, 0.15) is 106 Å². The predicted octanol–water partition coefficient (Wildman–Crippen LogP) is 5.78. The third-order valence-electron chi connectivity index (χ3n) is 12.1. The first-order valence-corrected chi connectivity index (χ1v) is 13.8. The number of aliphatic hydroxyl groups is 2. The summed E-state index contributed by atoms with van der Waals surface area (Å²) in [5.74, 6) is -0.0890. The summed E-state index contributed by atoms with van der Waals surface area (Å²) in [5, 5.41) is 30.9. The maximum Gasteiger partial charge on any atom is 0.303 e. The van der Waals surface area contributed by atoms with Gasteiger partial charge in [0.25, 0.3) is 0 Å². The monoisotopic (exact) mass is 488 g/mol. The largest absolute Gasteiger partial charge is 0.481 e. The van der Waals surface area contributed by atoms with Crippen molar-refractivity contribution in [1.82, 2.24) is 0 Å². The second-order valence-electron chi connectivity index (χ2n) is 14.6. The van der Waals surface area contributed by atoms with E-state index in [4.69, 9.17) is 0 Å². The Bertz CT molecular complexity index is 933. The van der Waals surface area contributed by atoms with Crippen molar-refractivity contribution in [3.63, 3.8) is 0 Å². The van der Waals surface area contributed by atoms with Crippen molar-refractivity contribution in [2.75, 3.05) is 6.61 Å². The zero-order valence-corrected chi connectivity index (χ0v) is 23.0. The second-order valence-corrected chi connectivity index (χ2v) is 14.6. The first kappa shape index (κ1) is 26.9. The van der Waals surface area contributed by atoms with Crippen molar-refractivity contribution in [3.8, 4) is 0 Å². The van der Waals surface area contributed by atoms with Crippen LogP contribution >= 0.6 is 0 Å². The highest BCUT2D eigenvalue weighted by Crippen LogP contribution is 2.73. The van der Waals surface area contributed by atoms with E-state index in [-0.39, 0.29) is 52.4 Å². The summed E-state index contributed by atoms with van der Waals surface area (Å²) in [6.07, 6.45) is 9.13. The molecule has 0 heterocycles. The molecule has 0 aromatic carbocycles. The lowest BCUT2D eigenvalue weighted by molar-refractivity contribution is -0.195. The molecule has 4 aliphatic carbocycles. The lowest BCUT2D eigenvalue weighted by atomic mass is 9.35. The summed E-state index contributed by atoms with van der Waals surface area (Å²) < 4.78 is 0. The Hall–Kier alpha value is -1.20. The molecule has 35 heavy (non-hydrogen) atoms. The van der Waals surface area contributed by atoms with Crippen LogP contribution in [-0.2, 0) is 9.59 Å². The Morgan fingerprint density at radius 2 is 1.77 bits per heavy atom. The minimum absolute atomic E-state index is 0.00555. The molecule has 3 fully saturated rings. The minimum atomic E-state index is -1.25. The quantitative estimate of drug-likeness (QED) is 0.427. The number of allylic oxidation sites excluding steroid dienone is 2. The van der Waals surface area contributed by atoms with Gasteiger partial charge in [-0.3, -0.25) is 9.59 Å². The fraction of sp³-hybridized carbons (Fsp3) is 0.867. The van der Waals surface area contributed by atoms with Crippen LogP contribution in [0.25, 0.3) is 0 Å². The molecule has 0 aromatic rings. The highest BCUT2D eigenvalue weighted by atomic mass is 16.4. The molecule has 3 saturated carbocycles. The molecule has 198 valence electrons. The predicted molar refractivity (Wildman–Crippen MR) is 137 cm³/mol. The molecule has 5 nitrogen and oxygen atoms in total. The van der Waals surface area contributed by atoms with Crippen LogP contribution in [-0.4, -0.2) is 39.3 Å². The Kier molecular flexibility index (Phi) is 6.25.